The lowest BCUT2D eigenvalue weighted by Crippen LogP contribution is -2.24. The summed E-state index contributed by atoms with van der Waals surface area (Å²) in [6.07, 6.45) is 7.20. The Kier molecular flexibility index (Phi) is 4.53. The van der Waals surface area contributed by atoms with Gasteiger partial charge in [0, 0.05) is 18.4 Å². The minimum Gasteiger partial charge on any atom is -0.376 e. The zero-order chi connectivity index (χ0) is 15.4. The summed E-state index contributed by atoms with van der Waals surface area (Å²) in [5, 5.41) is 7.19. The molecule has 1 amide bonds. The van der Waals surface area contributed by atoms with Crippen molar-refractivity contribution in [3.05, 3.63) is 47.8 Å². The highest BCUT2D eigenvalue weighted by Crippen LogP contribution is 2.16. The molecule has 0 radical (unpaired) electrons. The number of anilines is 1. The number of ether oxygens (including phenoxy) is 1. The molecule has 1 aliphatic heterocycles. The average Bonchev–Trinajstić information content (AvgIpc) is 2.95. The van der Waals surface area contributed by atoms with Crippen LogP contribution in [0.15, 0.2) is 36.7 Å². The summed E-state index contributed by atoms with van der Waals surface area (Å²) in [6, 6.07) is 7.55. The van der Waals surface area contributed by atoms with Gasteiger partial charge in [0.25, 0.3) is 5.91 Å². The van der Waals surface area contributed by atoms with Crippen molar-refractivity contribution >= 4 is 11.6 Å². The van der Waals surface area contributed by atoms with Crippen molar-refractivity contribution in [1.29, 1.82) is 0 Å². The number of nitrogens with zero attached hydrogens (tertiary/aromatic N) is 2. The molecule has 5 heteroatoms. The normalized spacial score (nSPS) is 18.1. The van der Waals surface area contributed by atoms with Gasteiger partial charge in [-0.25, -0.2) is 0 Å². The second kappa shape index (κ2) is 6.75. The number of nitrogens with one attached hydrogen (secondary N) is 1. The first-order chi connectivity index (χ1) is 10.7. The van der Waals surface area contributed by atoms with Gasteiger partial charge in [0.1, 0.15) is 0 Å². The molecular formula is C17H21N3O2. The summed E-state index contributed by atoms with van der Waals surface area (Å²) in [5.74, 6) is -0.105. The first kappa shape index (κ1) is 14.8. The van der Waals surface area contributed by atoms with Crippen LogP contribution in [0.4, 0.5) is 5.69 Å². The van der Waals surface area contributed by atoms with Crippen molar-refractivity contribution in [3.8, 4) is 0 Å². The molecule has 0 spiro atoms. The fraction of sp³-hybridized carbons (Fsp3) is 0.412. The molecule has 1 fully saturated rings. The van der Waals surface area contributed by atoms with Crippen LogP contribution in [-0.2, 0) is 11.3 Å². The molecule has 0 bridgehead atoms. The molecule has 2 heterocycles. The number of rotatable bonds is 4. The molecule has 1 saturated heterocycles. The standard InChI is InChI=1S/C17H21N3O2/c1-13-6-2-3-8-16(13)17(21)19-14-10-18-20(11-14)12-15-7-4-5-9-22-15/h2-3,6,8,10-11,15H,4-5,7,9,12H2,1H3,(H,19,21)/t15-/m0/s1. The van der Waals surface area contributed by atoms with Gasteiger partial charge in [0.2, 0.25) is 0 Å². The average molecular weight is 299 g/mol. The third-order valence-electron chi connectivity index (χ3n) is 3.95. The van der Waals surface area contributed by atoms with E-state index in [4.69, 9.17) is 4.74 Å². The van der Waals surface area contributed by atoms with E-state index in [1.165, 1.54) is 6.42 Å². The zero-order valence-electron chi connectivity index (χ0n) is 12.8. The van der Waals surface area contributed by atoms with Gasteiger partial charge in [-0.15, -0.1) is 0 Å². The SMILES string of the molecule is Cc1ccccc1C(=O)Nc1cnn(C[C@@H]2CCCCO2)c1. The van der Waals surface area contributed by atoms with Crippen molar-refractivity contribution in [1.82, 2.24) is 9.78 Å². The largest absolute Gasteiger partial charge is 0.376 e. The molecule has 3 rings (SSSR count). The van der Waals surface area contributed by atoms with Crippen molar-refractivity contribution < 1.29 is 9.53 Å². The van der Waals surface area contributed by atoms with Crippen molar-refractivity contribution in [2.24, 2.45) is 0 Å². The van der Waals surface area contributed by atoms with Gasteiger partial charge in [-0.1, -0.05) is 18.2 Å². The number of carbonyl (C=O) groups excluding carboxylic acids is 1. The summed E-state index contributed by atoms with van der Waals surface area (Å²) in [4.78, 5) is 12.3. The highest BCUT2D eigenvalue weighted by atomic mass is 16.5. The number of amides is 1. The van der Waals surface area contributed by atoms with Crippen molar-refractivity contribution in [2.75, 3.05) is 11.9 Å². The second-order valence-electron chi connectivity index (χ2n) is 5.71. The van der Waals surface area contributed by atoms with Crippen LogP contribution in [0.1, 0.15) is 35.2 Å². The van der Waals surface area contributed by atoms with Crippen LogP contribution in [0.3, 0.4) is 0 Å². The smallest absolute Gasteiger partial charge is 0.256 e. The number of hydrogen-bond donors (Lipinski definition) is 1. The van der Waals surface area contributed by atoms with Crippen LogP contribution in [0, 0.1) is 6.92 Å². The number of aryl methyl sites for hydroxylation is 1. The Labute approximate surface area is 130 Å². The Morgan fingerprint density at radius 1 is 1.41 bits per heavy atom. The third kappa shape index (κ3) is 3.54. The Hall–Kier alpha value is -2.14. The molecule has 116 valence electrons. The summed E-state index contributed by atoms with van der Waals surface area (Å²) < 4.78 is 7.55. The van der Waals surface area contributed by atoms with E-state index in [1.807, 2.05) is 42.1 Å². The van der Waals surface area contributed by atoms with Crippen LogP contribution in [0.2, 0.25) is 0 Å². The fourth-order valence-corrected chi connectivity index (χ4v) is 2.71. The molecule has 2 aromatic rings. The number of hydrogen-bond acceptors (Lipinski definition) is 3. The predicted molar refractivity (Wildman–Crippen MR) is 85.0 cm³/mol. The Balaban J connectivity index is 1.61. The van der Waals surface area contributed by atoms with E-state index in [1.54, 1.807) is 6.20 Å². The van der Waals surface area contributed by atoms with Crippen LogP contribution in [-0.4, -0.2) is 28.4 Å². The maximum absolute atomic E-state index is 12.3. The summed E-state index contributed by atoms with van der Waals surface area (Å²) in [7, 11) is 0. The van der Waals surface area contributed by atoms with Gasteiger partial charge in [-0.3, -0.25) is 9.48 Å². The van der Waals surface area contributed by atoms with E-state index in [0.717, 1.165) is 31.6 Å². The molecule has 0 unspecified atom stereocenters. The minimum atomic E-state index is -0.105. The maximum atomic E-state index is 12.3. The molecular weight excluding hydrogens is 278 g/mol. The van der Waals surface area contributed by atoms with Crippen molar-refractivity contribution in [2.45, 2.75) is 38.8 Å². The molecule has 1 aliphatic rings. The van der Waals surface area contributed by atoms with Gasteiger partial charge in [-0.05, 0) is 37.8 Å². The summed E-state index contributed by atoms with van der Waals surface area (Å²) in [6.45, 7) is 3.50. The zero-order valence-corrected chi connectivity index (χ0v) is 12.8. The van der Waals surface area contributed by atoms with Crippen molar-refractivity contribution in [3.63, 3.8) is 0 Å². The lowest BCUT2D eigenvalue weighted by atomic mass is 10.1. The Morgan fingerprint density at radius 2 is 2.27 bits per heavy atom. The maximum Gasteiger partial charge on any atom is 0.256 e. The molecule has 0 saturated carbocycles. The Bertz CT molecular complexity index is 645. The summed E-state index contributed by atoms with van der Waals surface area (Å²) >= 11 is 0. The monoisotopic (exact) mass is 299 g/mol. The first-order valence-corrected chi connectivity index (χ1v) is 7.73. The van der Waals surface area contributed by atoms with Gasteiger partial charge in [0.15, 0.2) is 0 Å². The molecule has 1 aromatic carbocycles. The molecule has 5 nitrogen and oxygen atoms in total. The van der Waals surface area contributed by atoms with Gasteiger partial charge in [0.05, 0.1) is 24.5 Å². The van der Waals surface area contributed by atoms with Crippen LogP contribution in [0.25, 0.3) is 0 Å². The third-order valence-corrected chi connectivity index (χ3v) is 3.95. The lowest BCUT2D eigenvalue weighted by molar-refractivity contribution is 0.00401. The predicted octanol–water partition coefficient (Wildman–Crippen LogP) is 3.01. The van der Waals surface area contributed by atoms with E-state index < -0.39 is 0 Å². The van der Waals surface area contributed by atoms with E-state index in [0.29, 0.717) is 11.3 Å². The molecule has 0 aliphatic carbocycles. The number of carbonyl (C=O) groups is 1. The highest BCUT2D eigenvalue weighted by Gasteiger charge is 2.15. The molecule has 22 heavy (non-hydrogen) atoms. The van der Waals surface area contributed by atoms with E-state index in [-0.39, 0.29) is 12.0 Å². The number of benzene rings is 1. The highest BCUT2D eigenvalue weighted by molar-refractivity contribution is 6.05. The first-order valence-electron chi connectivity index (χ1n) is 7.73. The molecule has 1 N–H and O–H groups in total. The van der Waals surface area contributed by atoms with Crippen LogP contribution < -0.4 is 5.32 Å². The quantitative estimate of drug-likeness (QED) is 0.944. The lowest BCUT2D eigenvalue weighted by Gasteiger charge is -2.22. The Morgan fingerprint density at radius 3 is 3.05 bits per heavy atom. The van der Waals surface area contributed by atoms with Gasteiger partial charge >= 0.3 is 0 Å². The van der Waals surface area contributed by atoms with Gasteiger partial charge < -0.3 is 10.1 Å². The fourth-order valence-electron chi connectivity index (χ4n) is 2.71. The van der Waals surface area contributed by atoms with Crippen LogP contribution >= 0.6 is 0 Å². The number of aromatic nitrogens is 2. The van der Waals surface area contributed by atoms with E-state index >= 15 is 0 Å². The van der Waals surface area contributed by atoms with E-state index in [9.17, 15) is 4.79 Å². The minimum absolute atomic E-state index is 0.105. The molecule has 1 atom stereocenters. The molecule has 1 aromatic heterocycles. The summed E-state index contributed by atoms with van der Waals surface area (Å²) in [5.41, 5.74) is 2.36. The topological polar surface area (TPSA) is 56.2 Å². The van der Waals surface area contributed by atoms with E-state index in [2.05, 4.69) is 10.4 Å². The second-order valence-corrected chi connectivity index (χ2v) is 5.71. The van der Waals surface area contributed by atoms with Gasteiger partial charge in [-0.2, -0.15) is 5.10 Å². The van der Waals surface area contributed by atoms with Crippen LogP contribution in [0.5, 0.6) is 0 Å².